The van der Waals surface area contributed by atoms with Crippen LogP contribution in [-0.4, -0.2) is 68.6 Å². The van der Waals surface area contributed by atoms with Crippen LogP contribution >= 0.6 is 23.5 Å². The Morgan fingerprint density at radius 3 is 2.55 bits per heavy atom. The van der Waals surface area contributed by atoms with E-state index in [9.17, 15) is 19.8 Å². The van der Waals surface area contributed by atoms with E-state index in [0.717, 1.165) is 35.6 Å². The van der Waals surface area contributed by atoms with Gasteiger partial charge in [0.05, 0.1) is 47.5 Å². The Bertz CT molecular complexity index is 748. The van der Waals surface area contributed by atoms with Crippen LogP contribution < -0.4 is 5.11 Å². The molecule has 8 heteroatoms. The molecule has 1 aromatic rings. The minimum Gasteiger partial charge on any atom is -0.548 e. The maximum absolute atomic E-state index is 12.4. The summed E-state index contributed by atoms with van der Waals surface area (Å²) in [5.41, 5.74) is 1.24. The Balaban J connectivity index is 1.76. The Labute approximate surface area is 181 Å². The molecule has 0 radical (unpaired) electrons. The molecule has 29 heavy (non-hydrogen) atoms. The fraction of sp³-hybridized carbons (Fsp3) is 0.619. The number of nitrogens with zero attached hydrogens (tertiary/aromatic N) is 2. The van der Waals surface area contributed by atoms with Crippen LogP contribution in [0.4, 0.5) is 0 Å². The second-order valence-electron chi connectivity index (χ2n) is 7.74. The number of aliphatic carboxylic acids is 1. The van der Waals surface area contributed by atoms with Gasteiger partial charge in [0.1, 0.15) is 6.54 Å². The summed E-state index contributed by atoms with van der Waals surface area (Å²) in [7, 11) is 0. The van der Waals surface area contributed by atoms with Crippen molar-refractivity contribution in [2.24, 2.45) is 5.92 Å². The second kappa shape index (κ2) is 9.29. The van der Waals surface area contributed by atoms with Gasteiger partial charge in [0.15, 0.2) is 0 Å². The first-order chi connectivity index (χ1) is 13.9. The molecule has 0 aromatic heterocycles. The molecule has 0 bridgehead atoms. The third-order valence-electron chi connectivity index (χ3n) is 6.38. The lowest BCUT2D eigenvalue weighted by Gasteiger charge is -2.44. The summed E-state index contributed by atoms with van der Waals surface area (Å²) >= 11 is 3.01. The number of fused-ring (bicyclic) bond motifs is 1. The zero-order valence-electron chi connectivity index (χ0n) is 17.2. The summed E-state index contributed by atoms with van der Waals surface area (Å²) in [5.74, 6) is -1.68. The summed E-state index contributed by atoms with van der Waals surface area (Å²) in [6, 6.07) is 7.37. The van der Waals surface area contributed by atoms with Gasteiger partial charge in [0, 0.05) is 17.1 Å². The Kier molecular flexibility index (Phi) is 7.19. The van der Waals surface area contributed by atoms with Gasteiger partial charge in [-0.2, -0.15) is 0 Å². The van der Waals surface area contributed by atoms with Crippen LogP contribution in [-0.2, 0) is 16.1 Å². The van der Waals surface area contributed by atoms with E-state index in [-0.39, 0.29) is 28.4 Å². The third kappa shape index (κ3) is 4.31. The number of carboxylic acids is 1. The van der Waals surface area contributed by atoms with Crippen molar-refractivity contribution in [3.63, 3.8) is 0 Å². The SMILES string of the molecule is CC[N+](CC)(CC)Cc1cccc(SC2SC3[C@@H](CCO)C(=O)N3C2C(=O)[O-])c1. The average molecular weight is 439 g/mol. The van der Waals surface area contributed by atoms with Gasteiger partial charge in [-0.3, -0.25) is 4.79 Å². The number of amides is 1. The number of thioether (sulfide) groups is 2. The maximum atomic E-state index is 12.4. The van der Waals surface area contributed by atoms with Gasteiger partial charge in [-0.1, -0.05) is 12.1 Å². The van der Waals surface area contributed by atoms with Crippen molar-refractivity contribution in [2.75, 3.05) is 26.2 Å². The molecule has 6 nitrogen and oxygen atoms in total. The fourth-order valence-corrected chi connectivity index (χ4v) is 7.70. The molecular formula is C21H30N2O4S2. The number of carboxylic acid groups (broad SMARTS) is 1. The number of quaternary nitrogens is 1. The number of benzene rings is 1. The summed E-state index contributed by atoms with van der Waals surface area (Å²) in [6.07, 6.45) is 0.380. The monoisotopic (exact) mass is 438 g/mol. The van der Waals surface area contributed by atoms with Crippen molar-refractivity contribution in [1.29, 1.82) is 0 Å². The first-order valence-corrected chi connectivity index (χ1v) is 12.1. The van der Waals surface area contributed by atoms with Crippen molar-refractivity contribution >= 4 is 35.4 Å². The highest BCUT2D eigenvalue weighted by Crippen LogP contribution is 2.53. The van der Waals surface area contributed by atoms with Crippen molar-refractivity contribution in [1.82, 2.24) is 4.90 Å². The van der Waals surface area contributed by atoms with Crippen LogP contribution in [0, 0.1) is 5.92 Å². The smallest absolute Gasteiger partial charge is 0.230 e. The van der Waals surface area contributed by atoms with E-state index in [2.05, 4.69) is 32.9 Å². The van der Waals surface area contributed by atoms with Gasteiger partial charge in [-0.15, -0.1) is 23.5 Å². The van der Waals surface area contributed by atoms with Crippen LogP contribution in [0.25, 0.3) is 0 Å². The molecule has 3 rings (SSSR count). The predicted octanol–water partition coefficient (Wildman–Crippen LogP) is 1.51. The fourth-order valence-electron chi connectivity index (χ4n) is 4.32. The van der Waals surface area contributed by atoms with Crippen molar-refractivity contribution in [3.05, 3.63) is 29.8 Å². The standard InChI is InChI=1S/C21H30N2O4S2/c1-4-23(5-2,6-3)13-14-8-7-9-15(12-14)28-21-17(20(26)27)22-18(25)16(10-11-24)19(22)29-21/h7-9,12,16-17,19,21,24H,4-6,10-11,13H2,1-3H3/t16-,17?,19?,21?/m0/s1. The minimum absolute atomic E-state index is 0.0660. The van der Waals surface area contributed by atoms with Crippen LogP contribution in [0.15, 0.2) is 29.2 Å². The maximum Gasteiger partial charge on any atom is 0.230 e. The molecule has 2 aliphatic rings. The number of β-lactam (4-membered cyclic amide) rings is 1. The van der Waals surface area contributed by atoms with Crippen LogP contribution in [0.1, 0.15) is 32.8 Å². The Hall–Kier alpha value is -1.22. The number of hydrogen-bond acceptors (Lipinski definition) is 6. The molecular weight excluding hydrogens is 408 g/mol. The molecule has 2 fully saturated rings. The number of aliphatic hydroxyl groups is 1. The molecule has 0 aliphatic carbocycles. The zero-order valence-corrected chi connectivity index (χ0v) is 18.9. The minimum atomic E-state index is -1.21. The zero-order chi connectivity index (χ0) is 21.2. The van der Waals surface area contributed by atoms with E-state index in [1.54, 1.807) is 0 Å². The Morgan fingerprint density at radius 1 is 1.28 bits per heavy atom. The lowest BCUT2D eigenvalue weighted by Crippen LogP contribution is -2.63. The lowest BCUT2D eigenvalue weighted by atomic mass is 9.93. The van der Waals surface area contributed by atoms with Crippen LogP contribution in [0.5, 0.6) is 0 Å². The summed E-state index contributed by atoms with van der Waals surface area (Å²) in [5, 5.41) is 20.8. The van der Waals surface area contributed by atoms with E-state index in [1.165, 1.54) is 34.0 Å². The van der Waals surface area contributed by atoms with Crippen LogP contribution in [0.3, 0.4) is 0 Å². The van der Waals surface area contributed by atoms with Gasteiger partial charge in [0.25, 0.3) is 0 Å². The van der Waals surface area contributed by atoms with E-state index in [4.69, 9.17) is 0 Å². The first-order valence-electron chi connectivity index (χ1n) is 10.3. The largest absolute Gasteiger partial charge is 0.548 e. The molecule has 2 aliphatic heterocycles. The molecule has 1 aromatic carbocycles. The molecule has 0 saturated carbocycles. The van der Waals surface area contributed by atoms with E-state index < -0.39 is 12.0 Å². The highest BCUT2D eigenvalue weighted by Gasteiger charge is 2.58. The van der Waals surface area contributed by atoms with E-state index in [1.807, 2.05) is 12.1 Å². The van der Waals surface area contributed by atoms with Gasteiger partial charge < -0.3 is 24.4 Å². The number of hydrogen-bond donors (Lipinski definition) is 1. The van der Waals surface area contributed by atoms with E-state index >= 15 is 0 Å². The molecule has 2 saturated heterocycles. The quantitative estimate of drug-likeness (QED) is 0.441. The number of carbonyl (C=O) groups excluding carboxylic acids is 2. The van der Waals surface area contributed by atoms with Gasteiger partial charge in [0.2, 0.25) is 5.91 Å². The summed E-state index contributed by atoms with van der Waals surface area (Å²) in [6.45, 7) is 10.7. The number of rotatable bonds is 10. The summed E-state index contributed by atoms with van der Waals surface area (Å²) < 4.78 is 0.705. The topological polar surface area (TPSA) is 80.7 Å². The van der Waals surface area contributed by atoms with Crippen LogP contribution in [0.2, 0.25) is 0 Å². The number of aliphatic hydroxyl groups excluding tert-OH is 1. The predicted molar refractivity (Wildman–Crippen MR) is 114 cm³/mol. The second-order valence-corrected chi connectivity index (χ2v) is 10.5. The number of carbonyl (C=O) groups is 2. The van der Waals surface area contributed by atoms with Gasteiger partial charge >= 0.3 is 0 Å². The van der Waals surface area contributed by atoms with Gasteiger partial charge in [-0.05, 0) is 39.3 Å². The van der Waals surface area contributed by atoms with Crippen molar-refractivity contribution in [3.8, 4) is 0 Å². The van der Waals surface area contributed by atoms with E-state index in [0.29, 0.717) is 6.42 Å². The highest BCUT2D eigenvalue weighted by molar-refractivity contribution is 8.17. The molecule has 3 unspecified atom stereocenters. The van der Waals surface area contributed by atoms with Crippen molar-refractivity contribution < 1.29 is 24.3 Å². The Morgan fingerprint density at radius 2 is 1.97 bits per heavy atom. The molecule has 1 amide bonds. The molecule has 160 valence electrons. The molecule has 2 heterocycles. The van der Waals surface area contributed by atoms with Gasteiger partial charge in [-0.25, -0.2) is 0 Å². The normalized spacial score (nSPS) is 26.3. The highest BCUT2D eigenvalue weighted by atomic mass is 32.2. The molecule has 0 spiro atoms. The average Bonchev–Trinajstić information content (AvgIpc) is 3.05. The van der Waals surface area contributed by atoms with Crippen molar-refractivity contribution in [2.45, 2.75) is 54.6 Å². The molecule has 4 atom stereocenters. The first kappa shape index (κ1) is 22.5. The third-order valence-corrected chi connectivity index (χ3v) is 9.38. The molecule has 1 N–H and O–H groups in total. The lowest BCUT2D eigenvalue weighted by molar-refractivity contribution is -0.936. The summed E-state index contributed by atoms with van der Waals surface area (Å²) in [4.78, 5) is 26.6.